The summed E-state index contributed by atoms with van der Waals surface area (Å²) in [7, 11) is 2.97. The first-order valence-electron chi connectivity index (χ1n) is 5.39. The van der Waals surface area contributed by atoms with Gasteiger partial charge in [-0.05, 0) is 0 Å². The second kappa shape index (κ2) is 5.68. The average Bonchev–Trinajstić information content (AvgIpc) is 2.73. The number of alkyl halides is 3. The highest BCUT2D eigenvalue weighted by molar-refractivity contribution is 5.79. The zero-order valence-corrected chi connectivity index (χ0v) is 9.88. The van der Waals surface area contributed by atoms with Crippen LogP contribution < -0.4 is 5.32 Å². The monoisotopic (exact) mass is 254 g/mol. The molecule has 1 aliphatic rings. The molecule has 7 heteroatoms. The summed E-state index contributed by atoms with van der Waals surface area (Å²) in [6.45, 7) is 0.522. The zero-order valence-electron chi connectivity index (χ0n) is 9.88. The van der Waals surface area contributed by atoms with E-state index in [9.17, 15) is 18.0 Å². The predicted octanol–water partition coefficient (Wildman–Crippen LogP) is 0.489. The van der Waals surface area contributed by atoms with Crippen molar-refractivity contribution in [1.29, 1.82) is 0 Å². The van der Waals surface area contributed by atoms with Gasteiger partial charge in [0.25, 0.3) is 0 Å². The summed E-state index contributed by atoms with van der Waals surface area (Å²) in [5, 5.41) is 2.62. The highest BCUT2D eigenvalue weighted by Gasteiger charge is 2.50. The third-order valence-corrected chi connectivity index (χ3v) is 2.96. The van der Waals surface area contributed by atoms with Crippen LogP contribution in [0.15, 0.2) is 0 Å². The Labute approximate surface area is 98.1 Å². The number of nitrogens with zero attached hydrogens (tertiary/aromatic N) is 1. The molecule has 0 aromatic rings. The fourth-order valence-electron chi connectivity index (χ4n) is 1.90. The van der Waals surface area contributed by atoms with Gasteiger partial charge in [-0.25, -0.2) is 0 Å². The number of carbonyl (C=O) groups is 1. The van der Waals surface area contributed by atoms with Gasteiger partial charge in [-0.1, -0.05) is 0 Å². The van der Waals surface area contributed by atoms with Gasteiger partial charge in [0.1, 0.15) is 0 Å². The molecule has 2 atom stereocenters. The summed E-state index contributed by atoms with van der Waals surface area (Å²) in [5.74, 6) is -3.08. The molecule has 0 aromatic heterocycles. The molecule has 4 nitrogen and oxygen atoms in total. The Kier molecular flexibility index (Phi) is 4.76. The van der Waals surface area contributed by atoms with E-state index in [1.807, 2.05) is 0 Å². The van der Waals surface area contributed by atoms with Crippen LogP contribution in [0.2, 0.25) is 0 Å². The second-order valence-corrected chi connectivity index (χ2v) is 4.17. The maximum atomic E-state index is 12.7. The van der Waals surface area contributed by atoms with Crippen molar-refractivity contribution in [1.82, 2.24) is 10.2 Å². The fourth-order valence-corrected chi connectivity index (χ4v) is 1.90. The standard InChI is InChI=1S/C10H17F3N2O2/c1-15(3-4-17-2)9(16)7-5-14-6-8(7)10(11,12)13/h7-8,14H,3-6H2,1-2H3/t7-,8-/m1/s1. The smallest absolute Gasteiger partial charge is 0.383 e. The summed E-state index contributed by atoms with van der Waals surface area (Å²) >= 11 is 0. The van der Waals surface area contributed by atoms with Crippen molar-refractivity contribution in [2.45, 2.75) is 6.18 Å². The van der Waals surface area contributed by atoms with Crippen LogP contribution in [0.4, 0.5) is 13.2 Å². The summed E-state index contributed by atoms with van der Waals surface area (Å²) in [5.41, 5.74) is 0. The van der Waals surface area contributed by atoms with Crippen molar-refractivity contribution in [2.75, 3.05) is 40.4 Å². The molecule has 1 heterocycles. The van der Waals surface area contributed by atoms with Crippen LogP contribution in [0, 0.1) is 11.8 Å². The lowest BCUT2D eigenvalue weighted by Gasteiger charge is -2.25. The highest BCUT2D eigenvalue weighted by Crippen LogP contribution is 2.35. The highest BCUT2D eigenvalue weighted by atomic mass is 19.4. The summed E-state index contributed by atoms with van der Waals surface area (Å²) < 4.78 is 42.7. The molecule has 0 saturated carbocycles. The molecule has 0 spiro atoms. The molecule has 0 bridgehead atoms. The first-order chi connectivity index (χ1) is 7.88. The minimum atomic E-state index is -4.33. The minimum Gasteiger partial charge on any atom is -0.383 e. The Hall–Kier alpha value is -0.820. The van der Waals surface area contributed by atoms with Crippen molar-refractivity contribution in [3.05, 3.63) is 0 Å². The first kappa shape index (κ1) is 14.2. The van der Waals surface area contributed by atoms with Crippen LogP contribution in [0.5, 0.6) is 0 Å². The summed E-state index contributed by atoms with van der Waals surface area (Å²) in [6.07, 6.45) is -4.33. The topological polar surface area (TPSA) is 41.6 Å². The molecule has 0 radical (unpaired) electrons. The maximum Gasteiger partial charge on any atom is 0.393 e. The van der Waals surface area contributed by atoms with E-state index in [1.54, 1.807) is 0 Å². The predicted molar refractivity (Wildman–Crippen MR) is 55.4 cm³/mol. The van der Waals surface area contributed by atoms with Gasteiger partial charge >= 0.3 is 6.18 Å². The lowest BCUT2D eigenvalue weighted by molar-refractivity contribution is -0.184. The first-order valence-corrected chi connectivity index (χ1v) is 5.39. The summed E-state index contributed by atoms with van der Waals surface area (Å²) in [6, 6.07) is 0. The molecule has 1 aliphatic heterocycles. The number of carbonyl (C=O) groups excluding carboxylic acids is 1. The van der Waals surface area contributed by atoms with Crippen LogP contribution in [0.25, 0.3) is 0 Å². The number of methoxy groups -OCH3 is 1. The Balaban J connectivity index is 2.61. The van der Waals surface area contributed by atoms with Gasteiger partial charge in [0.15, 0.2) is 0 Å². The number of hydrogen-bond donors (Lipinski definition) is 1. The molecule has 100 valence electrons. The van der Waals surface area contributed by atoms with Crippen LogP contribution in [0.1, 0.15) is 0 Å². The summed E-state index contributed by atoms with van der Waals surface area (Å²) in [4.78, 5) is 13.1. The Morgan fingerprint density at radius 1 is 1.47 bits per heavy atom. The van der Waals surface area contributed by atoms with Gasteiger partial charge in [0.2, 0.25) is 5.91 Å². The maximum absolute atomic E-state index is 12.7. The van der Waals surface area contributed by atoms with E-state index in [1.165, 1.54) is 19.1 Å². The van der Waals surface area contributed by atoms with E-state index in [2.05, 4.69) is 5.32 Å². The Morgan fingerprint density at radius 2 is 2.12 bits per heavy atom. The number of hydrogen-bond acceptors (Lipinski definition) is 3. The number of nitrogens with one attached hydrogen (secondary N) is 1. The molecule has 1 N–H and O–H groups in total. The molecular weight excluding hydrogens is 237 g/mol. The van der Waals surface area contributed by atoms with Crippen molar-refractivity contribution >= 4 is 5.91 Å². The minimum absolute atomic E-state index is 0.0837. The van der Waals surface area contributed by atoms with Crippen LogP contribution in [0.3, 0.4) is 0 Å². The molecule has 0 unspecified atom stereocenters. The number of rotatable bonds is 4. The number of halogens is 3. The fraction of sp³-hybridized carbons (Fsp3) is 0.900. The van der Waals surface area contributed by atoms with Crippen molar-refractivity contribution in [3.8, 4) is 0 Å². The molecule has 0 aromatic carbocycles. The van der Waals surface area contributed by atoms with Crippen molar-refractivity contribution in [2.24, 2.45) is 11.8 Å². The van der Waals surface area contributed by atoms with Gasteiger partial charge < -0.3 is 15.0 Å². The van der Waals surface area contributed by atoms with Crippen LogP contribution >= 0.6 is 0 Å². The Morgan fingerprint density at radius 3 is 2.65 bits per heavy atom. The molecule has 1 fully saturated rings. The SMILES string of the molecule is COCCN(C)C(=O)[C@@H]1CNC[C@H]1C(F)(F)F. The third kappa shape index (κ3) is 3.57. The van der Waals surface area contributed by atoms with E-state index in [4.69, 9.17) is 4.74 Å². The van der Waals surface area contributed by atoms with Gasteiger partial charge in [0.05, 0.1) is 18.4 Å². The number of likely N-dealkylation sites (N-methyl/N-ethyl adjacent to an activating group) is 1. The molecule has 17 heavy (non-hydrogen) atoms. The van der Waals surface area contributed by atoms with Gasteiger partial charge in [-0.15, -0.1) is 0 Å². The second-order valence-electron chi connectivity index (χ2n) is 4.17. The number of amides is 1. The van der Waals surface area contributed by atoms with Gasteiger partial charge in [-0.3, -0.25) is 4.79 Å². The van der Waals surface area contributed by atoms with E-state index in [-0.39, 0.29) is 13.1 Å². The number of ether oxygens (including phenoxy) is 1. The zero-order chi connectivity index (χ0) is 13.1. The molecule has 0 aliphatic carbocycles. The largest absolute Gasteiger partial charge is 0.393 e. The molecule has 1 saturated heterocycles. The van der Waals surface area contributed by atoms with E-state index in [0.29, 0.717) is 13.2 Å². The third-order valence-electron chi connectivity index (χ3n) is 2.96. The van der Waals surface area contributed by atoms with Gasteiger partial charge in [0, 0.05) is 33.8 Å². The van der Waals surface area contributed by atoms with Crippen molar-refractivity contribution < 1.29 is 22.7 Å². The normalized spacial score (nSPS) is 25.0. The quantitative estimate of drug-likeness (QED) is 0.794. The van der Waals surface area contributed by atoms with Crippen LogP contribution in [-0.2, 0) is 9.53 Å². The molecule has 1 rings (SSSR count). The van der Waals surface area contributed by atoms with E-state index >= 15 is 0 Å². The Bertz CT molecular complexity index is 271. The van der Waals surface area contributed by atoms with E-state index < -0.39 is 23.9 Å². The van der Waals surface area contributed by atoms with Crippen LogP contribution in [-0.4, -0.2) is 57.4 Å². The molecular formula is C10H17F3N2O2. The van der Waals surface area contributed by atoms with E-state index in [0.717, 1.165) is 0 Å². The molecule has 1 amide bonds. The lowest BCUT2D eigenvalue weighted by atomic mass is 9.94. The van der Waals surface area contributed by atoms with Crippen molar-refractivity contribution in [3.63, 3.8) is 0 Å². The lowest BCUT2D eigenvalue weighted by Crippen LogP contribution is -2.42. The van der Waals surface area contributed by atoms with Gasteiger partial charge in [-0.2, -0.15) is 13.2 Å². The average molecular weight is 254 g/mol.